The topological polar surface area (TPSA) is 220 Å². The number of piperazine rings is 1. The molecule has 5 aromatic rings. The maximum Gasteiger partial charge on any atom is 0.300 e. The molecule has 57 heavy (non-hydrogen) atoms. The van der Waals surface area contributed by atoms with Crippen LogP contribution in [-0.4, -0.2) is 116 Å². The molecule has 18 nitrogen and oxygen atoms in total. The predicted octanol–water partition coefficient (Wildman–Crippen LogP) is 2.27. The number of hydrogen-bond donors (Lipinski definition) is 3. The Morgan fingerprint density at radius 1 is 1.00 bits per heavy atom. The van der Waals surface area contributed by atoms with Crippen LogP contribution >= 0.6 is 0 Å². The Bertz CT molecular complexity index is 2490. The van der Waals surface area contributed by atoms with Crippen molar-refractivity contribution in [3.63, 3.8) is 0 Å². The summed E-state index contributed by atoms with van der Waals surface area (Å²) in [6, 6.07) is 7.04. The number of hydrogen-bond acceptors (Lipinski definition) is 15. The third kappa shape index (κ3) is 6.73. The van der Waals surface area contributed by atoms with Crippen LogP contribution in [0.2, 0.25) is 0 Å². The molecule has 0 spiro atoms. The van der Waals surface area contributed by atoms with E-state index in [-0.39, 0.29) is 42.1 Å². The second-order valence-electron chi connectivity index (χ2n) is 14.5. The van der Waals surface area contributed by atoms with Crippen LogP contribution in [0.5, 0.6) is 0 Å². The van der Waals surface area contributed by atoms with Gasteiger partial charge in [-0.25, -0.2) is 14.4 Å². The molecule has 3 saturated heterocycles. The molecule has 2 atom stereocenters. The molecule has 8 heterocycles. The van der Waals surface area contributed by atoms with Gasteiger partial charge in [0, 0.05) is 75.8 Å². The number of carbonyl (C=O) groups is 5. The molecule has 3 fully saturated rings. The van der Waals surface area contributed by atoms with Gasteiger partial charge >= 0.3 is 0 Å². The molecule has 4 aliphatic heterocycles. The summed E-state index contributed by atoms with van der Waals surface area (Å²) < 4.78 is 27.1. The molecule has 0 aliphatic carbocycles. The molecule has 9 rings (SSSR count). The highest BCUT2D eigenvalue weighted by Gasteiger charge is 2.46. The Balaban J connectivity index is 0.892. The number of fused-ring (bicyclic) bond motifs is 2. The molecule has 0 saturated carbocycles. The van der Waals surface area contributed by atoms with Crippen LogP contribution in [0.3, 0.4) is 0 Å². The van der Waals surface area contributed by atoms with E-state index in [1.54, 1.807) is 24.4 Å². The Hall–Kier alpha value is -6.60. The number of nitrogens with zero attached hydrogens (tertiary/aromatic N) is 8. The summed E-state index contributed by atoms with van der Waals surface area (Å²) in [4.78, 5) is 88.5. The number of pyridine rings is 2. The first-order valence-electron chi connectivity index (χ1n) is 18.4. The number of carbonyl (C=O) groups excluding carboxylic acids is 5. The van der Waals surface area contributed by atoms with Gasteiger partial charge in [0.1, 0.15) is 18.1 Å². The first-order chi connectivity index (χ1) is 27.5. The highest BCUT2D eigenvalue weighted by atomic mass is 19.1. The minimum atomic E-state index is -1.19. The lowest BCUT2D eigenvalue weighted by Crippen LogP contribution is -2.54. The quantitative estimate of drug-likeness (QED) is 0.192. The van der Waals surface area contributed by atoms with E-state index in [4.69, 9.17) is 13.8 Å². The summed E-state index contributed by atoms with van der Waals surface area (Å²) in [7, 11) is 0. The number of anilines is 3. The van der Waals surface area contributed by atoms with Crippen molar-refractivity contribution in [2.24, 2.45) is 0 Å². The Morgan fingerprint density at radius 2 is 1.82 bits per heavy atom. The number of β-amino-alcohol motifs (C(OH)–C–C–N with tert-alkyl or cyclic N) is 1. The van der Waals surface area contributed by atoms with E-state index in [2.05, 4.69) is 30.5 Å². The van der Waals surface area contributed by atoms with Crippen molar-refractivity contribution in [3.8, 4) is 11.5 Å². The summed E-state index contributed by atoms with van der Waals surface area (Å²) in [5.41, 5.74) is 2.50. The summed E-state index contributed by atoms with van der Waals surface area (Å²) in [5, 5.41) is 15.3. The Morgan fingerprint density at radius 3 is 2.58 bits per heavy atom. The maximum atomic E-state index is 15.4. The fraction of sp³-hybridized carbons (Fsp3) is 0.342. The molecule has 0 radical (unpaired) electrons. The lowest BCUT2D eigenvalue weighted by atomic mass is 10.0. The predicted molar refractivity (Wildman–Crippen MR) is 198 cm³/mol. The van der Waals surface area contributed by atoms with Crippen molar-refractivity contribution >= 4 is 58.3 Å². The normalized spacial score (nSPS) is 20.2. The van der Waals surface area contributed by atoms with Crippen molar-refractivity contribution in [1.82, 2.24) is 35.1 Å². The number of halogens is 1. The summed E-state index contributed by atoms with van der Waals surface area (Å²) in [6.07, 6.45) is 2.83. The lowest BCUT2D eigenvalue weighted by molar-refractivity contribution is -0.136. The number of aliphatic hydroxyl groups excluding tert-OH is 1. The number of aryl methyl sites for hydroxylation is 1. The Kier molecular flexibility index (Phi) is 8.96. The second kappa shape index (κ2) is 14.2. The van der Waals surface area contributed by atoms with Gasteiger partial charge in [0.25, 0.3) is 23.7 Å². The number of oxazole rings is 2. The molecule has 4 aromatic heterocycles. The summed E-state index contributed by atoms with van der Waals surface area (Å²) >= 11 is 0. The highest BCUT2D eigenvalue weighted by molar-refractivity contribution is 6.23. The number of imide groups is 2. The summed E-state index contributed by atoms with van der Waals surface area (Å²) in [5.74, 6) is -3.60. The number of nitrogens with one attached hydrogen (secondary N) is 2. The number of benzene rings is 1. The van der Waals surface area contributed by atoms with Crippen molar-refractivity contribution in [2.45, 2.75) is 44.9 Å². The fourth-order valence-corrected chi connectivity index (χ4v) is 7.67. The van der Waals surface area contributed by atoms with Crippen LogP contribution in [0, 0.1) is 12.7 Å². The number of piperidine rings is 1. The number of amides is 5. The molecule has 19 heteroatoms. The zero-order valence-electron chi connectivity index (χ0n) is 30.5. The molecule has 5 amide bonds. The number of aliphatic hydroxyl groups is 1. The number of aromatic nitrogens is 4. The van der Waals surface area contributed by atoms with E-state index in [1.807, 2.05) is 16.7 Å². The standard InChI is InChI=1S/C38H35FN10O8/c1-19-12-21(4-6-40-19)35-42-26(18-56-35)33(52)41-25-15-28-31(44-32(25)48-7-5-22(50)17-48)45-38(57-28)47-10-8-46(9-11-47)16-20-13-23-30(24(39)14-20)37(55)49(36(23)54)27-2-3-29(51)43-34(27)53/h4,6,12-15,18,22,27,50H,2-3,5,7-11,16-17H2,1H3,(H,41,52)(H,43,51,53). The Labute approximate surface area is 322 Å². The van der Waals surface area contributed by atoms with Crippen molar-refractivity contribution < 1.29 is 42.3 Å². The van der Waals surface area contributed by atoms with Crippen LogP contribution in [0.15, 0.2) is 51.6 Å². The molecule has 4 aliphatic rings. The molecular formula is C38H35FN10O8. The molecule has 0 bridgehead atoms. The van der Waals surface area contributed by atoms with E-state index >= 15 is 4.39 Å². The molecule has 292 valence electrons. The van der Waals surface area contributed by atoms with E-state index < -0.39 is 47.5 Å². The number of rotatable bonds is 8. The third-order valence-electron chi connectivity index (χ3n) is 10.5. The van der Waals surface area contributed by atoms with Gasteiger partial charge in [-0.3, -0.25) is 44.1 Å². The first kappa shape index (κ1) is 36.1. The van der Waals surface area contributed by atoms with Crippen molar-refractivity contribution in [3.05, 3.63) is 76.7 Å². The van der Waals surface area contributed by atoms with Gasteiger partial charge in [-0.1, -0.05) is 0 Å². The largest absolute Gasteiger partial charge is 0.444 e. The van der Waals surface area contributed by atoms with Crippen molar-refractivity contribution in [2.75, 3.05) is 54.4 Å². The minimum absolute atomic E-state index is 0.0229. The van der Waals surface area contributed by atoms with E-state index in [0.717, 1.165) is 10.6 Å². The van der Waals surface area contributed by atoms with Gasteiger partial charge in [-0.2, -0.15) is 4.98 Å². The molecule has 2 unspecified atom stereocenters. The second-order valence-corrected chi connectivity index (χ2v) is 14.5. The fourth-order valence-electron chi connectivity index (χ4n) is 7.67. The molecule has 3 N–H and O–H groups in total. The third-order valence-corrected chi connectivity index (χ3v) is 10.5. The van der Waals surface area contributed by atoms with Gasteiger partial charge in [-0.15, -0.1) is 0 Å². The van der Waals surface area contributed by atoms with Crippen LogP contribution in [0.1, 0.15) is 61.7 Å². The van der Waals surface area contributed by atoms with Gasteiger partial charge < -0.3 is 29.1 Å². The lowest BCUT2D eigenvalue weighted by Gasteiger charge is -2.33. The van der Waals surface area contributed by atoms with Gasteiger partial charge in [0.15, 0.2) is 17.1 Å². The van der Waals surface area contributed by atoms with Crippen molar-refractivity contribution in [1.29, 1.82) is 0 Å². The maximum absolute atomic E-state index is 15.4. The first-order valence-corrected chi connectivity index (χ1v) is 18.4. The highest BCUT2D eigenvalue weighted by Crippen LogP contribution is 2.34. The monoisotopic (exact) mass is 778 g/mol. The average Bonchev–Trinajstić information content (AvgIpc) is 3.99. The smallest absolute Gasteiger partial charge is 0.300 e. The van der Waals surface area contributed by atoms with Crippen LogP contribution < -0.4 is 20.4 Å². The van der Waals surface area contributed by atoms with Gasteiger partial charge in [0.2, 0.25) is 23.4 Å². The van der Waals surface area contributed by atoms with Gasteiger partial charge in [0.05, 0.1) is 22.9 Å². The summed E-state index contributed by atoms with van der Waals surface area (Å²) in [6.45, 7) is 4.99. The van der Waals surface area contributed by atoms with Gasteiger partial charge in [-0.05, 0) is 49.6 Å². The zero-order chi connectivity index (χ0) is 39.5. The van der Waals surface area contributed by atoms with E-state index in [9.17, 15) is 29.1 Å². The van der Waals surface area contributed by atoms with Crippen LogP contribution in [-0.2, 0) is 16.1 Å². The minimum Gasteiger partial charge on any atom is -0.444 e. The zero-order valence-corrected chi connectivity index (χ0v) is 30.5. The van der Waals surface area contributed by atoms with Crippen LogP contribution in [0.25, 0.3) is 22.7 Å². The van der Waals surface area contributed by atoms with E-state index in [0.29, 0.717) is 85.6 Å². The van der Waals surface area contributed by atoms with E-state index in [1.165, 1.54) is 18.4 Å². The average molecular weight is 779 g/mol. The SMILES string of the molecule is Cc1cc(-c2nc(C(=O)Nc3cc4oc(N5CCN(Cc6cc(F)c7c(c6)C(=O)N(C6CCC(=O)NC6=O)C7=O)CC5)nc4nc3N3CCC(O)C3)co2)ccn1. The molecular weight excluding hydrogens is 743 g/mol. The molecule has 1 aromatic carbocycles. The van der Waals surface area contributed by atoms with Crippen LogP contribution in [0.4, 0.5) is 21.9 Å².